The van der Waals surface area contributed by atoms with Crippen molar-refractivity contribution in [1.29, 1.82) is 0 Å². The van der Waals surface area contributed by atoms with Crippen molar-refractivity contribution in [1.82, 2.24) is 20.2 Å². The summed E-state index contributed by atoms with van der Waals surface area (Å²) in [4.78, 5) is 8.12. The molecule has 2 aromatic rings. The Balaban J connectivity index is 2.28. The molecule has 0 aromatic carbocycles. The fourth-order valence-electron chi connectivity index (χ4n) is 1.20. The Morgan fingerprint density at radius 2 is 1.81 bits per heavy atom. The second-order valence-corrected chi connectivity index (χ2v) is 3.50. The lowest BCUT2D eigenvalue weighted by Crippen LogP contribution is -2.06. The second-order valence-electron chi connectivity index (χ2n) is 3.50. The number of nitrogen functional groups attached to an aromatic ring is 2. The largest absolute Gasteiger partial charge is 0.383 e. The number of hydrogen-bond donors (Lipinski definition) is 4. The molecular formula is C9H13N7. The van der Waals surface area contributed by atoms with E-state index in [1.54, 1.807) is 6.92 Å². The summed E-state index contributed by atoms with van der Waals surface area (Å²) in [5, 5.41) is 9.70. The van der Waals surface area contributed by atoms with Crippen molar-refractivity contribution in [2.75, 3.05) is 16.8 Å². The van der Waals surface area contributed by atoms with Gasteiger partial charge in [0.15, 0.2) is 5.82 Å². The van der Waals surface area contributed by atoms with E-state index in [4.69, 9.17) is 11.5 Å². The average molecular weight is 219 g/mol. The quantitative estimate of drug-likeness (QED) is 0.591. The van der Waals surface area contributed by atoms with Crippen molar-refractivity contribution in [2.24, 2.45) is 0 Å². The highest BCUT2D eigenvalue weighted by molar-refractivity contribution is 5.58. The minimum absolute atomic E-state index is 0.340. The standard InChI is InChI=1S/C9H13N7/c1-4-3-6(16-15-4)12-9-13-7(10)5(2)8(11)14-9/h3H,1-2H3,(H6,10,11,12,13,14,15,16). The Hall–Kier alpha value is -2.31. The molecule has 0 spiro atoms. The molecule has 2 rings (SSSR count). The third-order valence-corrected chi connectivity index (χ3v) is 2.17. The first-order chi connectivity index (χ1) is 7.56. The number of hydrogen-bond acceptors (Lipinski definition) is 6. The molecule has 7 nitrogen and oxygen atoms in total. The predicted molar refractivity (Wildman–Crippen MR) is 62.2 cm³/mol. The van der Waals surface area contributed by atoms with E-state index < -0.39 is 0 Å². The maximum absolute atomic E-state index is 5.68. The van der Waals surface area contributed by atoms with Crippen LogP contribution in [0.2, 0.25) is 0 Å². The molecule has 0 bridgehead atoms. The molecule has 16 heavy (non-hydrogen) atoms. The lowest BCUT2D eigenvalue weighted by atomic mass is 10.3. The van der Waals surface area contributed by atoms with Crippen LogP contribution in [-0.4, -0.2) is 20.2 Å². The summed E-state index contributed by atoms with van der Waals surface area (Å²) in [6, 6.07) is 1.83. The van der Waals surface area contributed by atoms with Crippen LogP contribution in [0.4, 0.5) is 23.4 Å². The number of nitrogens with two attached hydrogens (primary N) is 2. The van der Waals surface area contributed by atoms with Crippen LogP contribution in [0.5, 0.6) is 0 Å². The number of H-pyrrole nitrogens is 1. The van der Waals surface area contributed by atoms with Crippen LogP contribution in [0.1, 0.15) is 11.3 Å². The highest BCUT2D eigenvalue weighted by Gasteiger charge is 2.07. The summed E-state index contributed by atoms with van der Waals surface area (Å²) in [5.41, 5.74) is 13.0. The molecule has 0 aliphatic heterocycles. The van der Waals surface area contributed by atoms with Crippen LogP contribution in [0.25, 0.3) is 0 Å². The minimum Gasteiger partial charge on any atom is -0.383 e. The highest BCUT2D eigenvalue weighted by Crippen LogP contribution is 2.18. The van der Waals surface area contributed by atoms with E-state index in [0.717, 1.165) is 5.69 Å². The minimum atomic E-state index is 0.340. The number of nitrogens with zero attached hydrogens (tertiary/aromatic N) is 3. The van der Waals surface area contributed by atoms with E-state index in [1.807, 2.05) is 13.0 Å². The van der Waals surface area contributed by atoms with E-state index in [2.05, 4.69) is 25.5 Å². The molecular weight excluding hydrogens is 206 g/mol. The first-order valence-corrected chi connectivity index (χ1v) is 4.75. The van der Waals surface area contributed by atoms with Crippen molar-refractivity contribution < 1.29 is 0 Å². The molecule has 0 unspecified atom stereocenters. The Kier molecular flexibility index (Phi) is 2.35. The summed E-state index contributed by atoms with van der Waals surface area (Å²) in [5.74, 6) is 1.69. The molecule has 0 amide bonds. The monoisotopic (exact) mass is 219 g/mol. The van der Waals surface area contributed by atoms with Gasteiger partial charge in [0, 0.05) is 17.3 Å². The van der Waals surface area contributed by atoms with Crippen LogP contribution in [0.3, 0.4) is 0 Å². The van der Waals surface area contributed by atoms with Gasteiger partial charge < -0.3 is 16.8 Å². The third kappa shape index (κ3) is 1.88. The van der Waals surface area contributed by atoms with Crippen LogP contribution in [0, 0.1) is 13.8 Å². The summed E-state index contributed by atoms with van der Waals surface area (Å²) in [6.07, 6.45) is 0. The Morgan fingerprint density at radius 1 is 1.19 bits per heavy atom. The first-order valence-electron chi connectivity index (χ1n) is 4.75. The van der Waals surface area contributed by atoms with Gasteiger partial charge in [0.05, 0.1) is 0 Å². The number of nitrogens with one attached hydrogen (secondary N) is 2. The summed E-state index contributed by atoms with van der Waals surface area (Å²) in [7, 11) is 0. The van der Waals surface area contributed by atoms with Crippen molar-refractivity contribution >= 4 is 23.4 Å². The van der Waals surface area contributed by atoms with Gasteiger partial charge in [-0.15, -0.1) is 0 Å². The van der Waals surface area contributed by atoms with E-state index in [0.29, 0.717) is 29.0 Å². The third-order valence-electron chi connectivity index (χ3n) is 2.17. The topological polar surface area (TPSA) is 119 Å². The maximum Gasteiger partial charge on any atom is 0.232 e. The smallest absolute Gasteiger partial charge is 0.232 e. The average Bonchev–Trinajstić information content (AvgIpc) is 2.60. The number of aromatic amines is 1. The van der Waals surface area contributed by atoms with Gasteiger partial charge in [-0.05, 0) is 13.8 Å². The van der Waals surface area contributed by atoms with Gasteiger partial charge in [-0.25, -0.2) is 0 Å². The molecule has 0 saturated carbocycles. The fraction of sp³-hybridized carbons (Fsp3) is 0.222. The van der Waals surface area contributed by atoms with Crippen LogP contribution < -0.4 is 16.8 Å². The van der Waals surface area contributed by atoms with Crippen molar-refractivity contribution in [3.63, 3.8) is 0 Å². The SMILES string of the molecule is Cc1cc(Nc2nc(N)c(C)c(N)n2)n[nH]1. The number of aromatic nitrogens is 4. The zero-order valence-electron chi connectivity index (χ0n) is 9.07. The van der Waals surface area contributed by atoms with E-state index >= 15 is 0 Å². The molecule has 0 aliphatic carbocycles. The van der Waals surface area contributed by atoms with Gasteiger partial charge in [-0.3, -0.25) is 5.10 Å². The van der Waals surface area contributed by atoms with E-state index in [1.165, 1.54) is 0 Å². The van der Waals surface area contributed by atoms with Gasteiger partial charge in [0.1, 0.15) is 11.6 Å². The summed E-state index contributed by atoms with van der Waals surface area (Å²) < 4.78 is 0. The lowest BCUT2D eigenvalue weighted by molar-refractivity contribution is 1.04. The second kappa shape index (κ2) is 3.69. The molecule has 6 N–H and O–H groups in total. The predicted octanol–water partition coefficient (Wildman–Crippen LogP) is 0.725. The summed E-state index contributed by atoms with van der Waals surface area (Å²) >= 11 is 0. The molecule has 0 saturated heterocycles. The highest BCUT2D eigenvalue weighted by atomic mass is 15.2. The van der Waals surface area contributed by atoms with Crippen LogP contribution >= 0.6 is 0 Å². The molecule has 2 heterocycles. The van der Waals surface area contributed by atoms with Gasteiger partial charge in [-0.2, -0.15) is 15.1 Å². The van der Waals surface area contributed by atoms with Crippen molar-refractivity contribution in [2.45, 2.75) is 13.8 Å². The van der Waals surface area contributed by atoms with E-state index in [9.17, 15) is 0 Å². The van der Waals surface area contributed by atoms with Gasteiger partial charge in [0.25, 0.3) is 0 Å². The maximum atomic E-state index is 5.68. The zero-order chi connectivity index (χ0) is 11.7. The fourth-order valence-corrected chi connectivity index (χ4v) is 1.20. The van der Waals surface area contributed by atoms with Crippen molar-refractivity contribution in [3.05, 3.63) is 17.3 Å². The number of rotatable bonds is 2. The molecule has 0 radical (unpaired) electrons. The molecule has 0 atom stereocenters. The lowest BCUT2D eigenvalue weighted by Gasteiger charge is -2.06. The normalized spacial score (nSPS) is 10.4. The molecule has 84 valence electrons. The van der Waals surface area contributed by atoms with E-state index in [-0.39, 0.29) is 0 Å². The Labute approximate surface area is 92.3 Å². The molecule has 0 aliphatic rings. The molecule has 0 fully saturated rings. The summed E-state index contributed by atoms with van der Waals surface area (Å²) in [6.45, 7) is 3.67. The van der Waals surface area contributed by atoms with Gasteiger partial charge in [0.2, 0.25) is 5.95 Å². The zero-order valence-corrected chi connectivity index (χ0v) is 9.07. The molecule has 7 heteroatoms. The van der Waals surface area contributed by atoms with Crippen LogP contribution in [0.15, 0.2) is 6.07 Å². The Morgan fingerprint density at radius 3 is 2.31 bits per heavy atom. The molecule has 2 aromatic heterocycles. The van der Waals surface area contributed by atoms with Crippen molar-refractivity contribution in [3.8, 4) is 0 Å². The Bertz CT molecular complexity index is 493. The van der Waals surface area contributed by atoms with Gasteiger partial charge >= 0.3 is 0 Å². The number of anilines is 4. The number of aryl methyl sites for hydroxylation is 1. The van der Waals surface area contributed by atoms with Gasteiger partial charge in [-0.1, -0.05) is 0 Å². The van der Waals surface area contributed by atoms with Crippen LogP contribution in [-0.2, 0) is 0 Å². The first kappa shape index (κ1) is 10.2.